The number of benzene rings is 1. The van der Waals surface area contributed by atoms with Gasteiger partial charge in [-0.2, -0.15) is 13.2 Å². The van der Waals surface area contributed by atoms with Gasteiger partial charge in [-0.25, -0.2) is 13.6 Å². The number of urea groups is 1. The fourth-order valence-electron chi connectivity index (χ4n) is 4.65. The number of hydrogen-bond donors (Lipinski definition) is 3. The second kappa shape index (κ2) is 5.95. The van der Waals surface area contributed by atoms with E-state index in [9.17, 15) is 31.5 Å². The standard InChI is InChI=1S/C17H15ClF5N3O2/c18-10-8(19)2-1-7(11(10)20)12(26-13(27)9-3-24-14(28)25-9)15-4-16(5-15,6-15)17(21,22)23/h1-2,9,12H,3-6H2,(H,26,27)(H2,24,25,28)/t9-,12+,15?,16?/m0/s1. The Balaban J connectivity index is 1.63. The molecule has 1 aliphatic heterocycles. The van der Waals surface area contributed by atoms with Crippen LogP contribution in [0.5, 0.6) is 0 Å². The molecule has 5 nitrogen and oxygen atoms in total. The smallest absolute Gasteiger partial charge is 0.347 e. The van der Waals surface area contributed by atoms with E-state index in [0.717, 1.165) is 12.1 Å². The van der Waals surface area contributed by atoms with Crippen molar-refractivity contribution < 1.29 is 31.5 Å². The van der Waals surface area contributed by atoms with Crippen molar-refractivity contribution in [3.63, 3.8) is 0 Å². The maximum absolute atomic E-state index is 14.6. The Bertz CT molecular complexity index is 855. The summed E-state index contributed by atoms with van der Waals surface area (Å²) < 4.78 is 67.8. The Hall–Kier alpha value is -2.10. The van der Waals surface area contributed by atoms with Crippen molar-refractivity contribution in [1.82, 2.24) is 16.0 Å². The molecule has 0 radical (unpaired) electrons. The number of halogens is 6. The van der Waals surface area contributed by atoms with E-state index in [1.54, 1.807) is 0 Å². The van der Waals surface area contributed by atoms with Crippen molar-refractivity contribution in [2.75, 3.05) is 6.54 Å². The zero-order chi connectivity index (χ0) is 20.5. The third-order valence-electron chi connectivity index (χ3n) is 6.04. The summed E-state index contributed by atoms with van der Waals surface area (Å²) in [6.45, 7) is -0.0104. The summed E-state index contributed by atoms with van der Waals surface area (Å²) >= 11 is 5.62. The van der Waals surface area contributed by atoms with Crippen LogP contribution in [0.2, 0.25) is 5.02 Å². The van der Waals surface area contributed by atoms with Gasteiger partial charge in [-0.05, 0) is 30.7 Å². The predicted molar refractivity (Wildman–Crippen MR) is 87.3 cm³/mol. The molecule has 1 heterocycles. The molecule has 0 aromatic heterocycles. The Morgan fingerprint density at radius 3 is 2.43 bits per heavy atom. The molecule has 5 rings (SSSR count). The van der Waals surface area contributed by atoms with Crippen LogP contribution >= 0.6 is 11.6 Å². The van der Waals surface area contributed by atoms with Gasteiger partial charge < -0.3 is 16.0 Å². The number of hydrogen-bond acceptors (Lipinski definition) is 2. The van der Waals surface area contributed by atoms with Gasteiger partial charge in [0.2, 0.25) is 5.91 Å². The quantitative estimate of drug-likeness (QED) is 0.514. The summed E-state index contributed by atoms with van der Waals surface area (Å²) in [6.07, 6.45) is -5.18. The first-order chi connectivity index (χ1) is 13.0. The van der Waals surface area contributed by atoms with Crippen LogP contribution in [-0.4, -0.2) is 30.7 Å². The van der Waals surface area contributed by atoms with E-state index >= 15 is 0 Å². The molecule has 2 atom stereocenters. The van der Waals surface area contributed by atoms with E-state index in [-0.39, 0.29) is 31.4 Å². The summed E-state index contributed by atoms with van der Waals surface area (Å²) in [6, 6.07) is -0.649. The molecule has 3 amide bonds. The molecule has 4 fully saturated rings. The van der Waals surface area contributed by atoms with E-state index in [1.807, 2.05) is 0 Å². The lowest BCUT2D eigenvalue weighted by Gasteiger charge is -2.73. The first kappa shape index (κ1) is 19.2. The Labute approximate surface area is 161 Å². The fraction of sp³-hybridized carbons (Fsp3) is 0.529. The molecule has 3 N–H and O–H groups in total. The topological polar surface area (TPSA) is 70.2 Å². The van der Waals surface area contributed by atoms with Gasteiger partial charge in [-0.15, -0.1) is 0 Å². The number of carbonyl (C=O) groups is 2. The van der Waals surface area contributed by atoms with Gasteiger partial charge in [-0.1, -0.05) is 17.7 Å². The Morgan fingerprint density at radius 1 is 1.25 bits per heavy atom. The lowest BCUT2D eigenvalue weighted by Crippen LogP contribution is -2.72. The molecule has 1 aromatic carbocycles. The van der Waals surface area contributed by atoms with Gasteiger partial charge in [0.15, 0.2) is 0 Å². The minimum Gasteiger partial charge on any atom is -0.347 e. The van der Waals surface area contributed by atoms with Gasteiger partial charge >= 0.3 is 12.2 Å². The molecule has 28 heavy (non-hydrogen) atoms. The zero-order valence-electron chi connectivity index (χ0n) is 14.2. The van der Waals surface area contributed by atoms with Crippen LogP contribution in [0.4, 0.5) is 26.7 Å². The Kier molecular flexibility index (Phi) is 4.08. The number of rotatable bonds is 4. The first-order valence-corrected chi connectivity index (χ1v) is 8.91. The van der Waals surface area contributed by atoms with E-state index in [2.05, 4.69) is 16.0 Å². The highest BCUT2D eigenvalue weighted by Crippen LogP contribution is 2.81. The van der Waals surface area contributed by atoms with Gasteiger partial charge in [0.1, 0.15) is 22.7 Å². The molecule has 152 valence electrons. The van der Waals surface area contributed by atoms with E-state index < -0.39 is 57.7 Å². The second-order valence-electron chi connectivity index (χ2n) is 7.78. The van der Waals surface area contributed by atoms with Gasteiger partial charge in [0, 0.05) is 12.1 Å². The van der Waals surface area contributed by atoms with Gasteiger partial charge in [0.05, 0.1) is 11.5 Å². The maximum atomic E-state index is 14.6. The lowest BCUT2D eigenvalue weighted by molar-refractivity contribution is -0.370. The van der Waals surface area contributed by atoms with Crippen molar-refractivity contribution >= 4 is 23.5 Å². The minimum absolute atomic E-state index is 0.0104. The minimum atomic E-state index is -4.38. The Morgan fingerprint density at radius 2 is 1.89 bits per heavy atom. The summed E-state index contributed by atoms with van der Waals surface area (Å²) in [4.78, 5) is 23.7. The molecule has 3 saturated carbocycles. The first-order valence-electron chi connectivity index (χ1n) is 8.53. The number of amides is 3. The third kappa shape index (κ3) is 2.64. The molecular formula is C17H15ClF5N3O2. The number of alkyl halides is 3. The molecule has 1 saturated heterocycles. The highest BCUT2D eigenvalue weighted by Gasteiger charge is 2.80. The average Bonchev–Trinajstić information content (AvgIpc) is 2.95. The fourth-order valence-corrected chi connectivity index (χ4v) is 4.83. The lowest BCUT2D eigenvalue weighted by atomic mass is 9.32. The van der Waals surface area contributed by atoms with Crippen LogP contribution in [0.15, 0.2) is 12.1 Å². The van der Waals surface area contributed by atoms with Crippen molar-refractivity contribution in [2.45, 2.75) is 37.5 Å². The molecule has 2 bridgehead atoms. The molecule has 1 aromatic rings. The van der Waals surface area contributed by atoms with Crippen LogP contribution < -0.4 is 16.0 Å². The van der Waals surface area contributed by atoms with Gasteiger partial charge in [-0.3, -0.25) is 4.79 Å². The molecule has 0 spiro atoms. The monoisotopic (exact) mass is 423 g/mol. The molecular weight excluding hydrogens is 409 g/mol. The maximum Gasteiger partial charge on any atom is 0.394 e. The van der Waals surface area contributed by atoms with Gasteiger partial charge in [0.25, 0.3) is 0 Å². The summed E-state index contributed by atoms with van der Waals surface area (Å²) in [5, 5.41) is 6.51. The van der Waals surface area contributed by atoms with Crippen molar-refractivity contribution in [3.05, 3.63) is 34.4 Å². The summed E-state index contributed by atoms with van der Waals surface area (Å²) in [5.41, 5.74) is -2.99. The van der Waals surface area contributed by atoms with E-state index in [1.165, 1.54) is 0 Å². The predicted octanol–water partition coefficient (Wildman–Crippen LogP) is 3.19. The summed E-state index contributed by atoms with van der Waals surface area (Å²) in [7, 11) is 0. The molecule has 0 unspecified atom stereocenters. The average molecular weight is 424 g/mol. The highest BCUT2D eigenvalue weighted by molar-refractivity contribution is 6.31. The normalized spacial score (nSPS) is 31.9. The van der Waals surface area contributed by atoms with Crippen molar-refractivity contribution in [3.8, 4) is 0 Å². The summed E-state index contributed by atoms with van der Waals surface area (Å²) in [5.74, 6) is -2.80. The van der Waals surface area contributed by atoms with Crippen LogP contribution in [-0.2, 0) is 4.79 Å². The van der Waals surface area contributed by atoms with Crippen molar-refractivity contribution in [2.24, 2.45) is 10.8 Å². The SMILES string of the molecule is O=C1NC[C@@H](C(=O)N[C@H](c2ccc(F)c(Cl)c2F)C23CC(C(F)(F)F)(C2)C3)N1. The van der Waals surface area contributed by atoms with E-state index in [4.69, 9.17) is 11.6 Å². The number of carbonyl (C=O) groups excluding carboxylic acids is 2. The highest BCUT2D eigenvalue weighted by atomic mass is 35.5. The largest absolute Gasteiger partial charge is 0.394 e. The zero-order valence-corrected chi connectivity index (χ0v) is 15.0. The van der Waals surface area contributed by atoms with E-state index in [0.29, 0.717) is 0 Å². The molecule has 4 aliphatic rings. The second-order valence-corrected chi connectivity index (χ2v) is 8.16. The van der Waals surface area contributed by atoms with Crippen LogP contribution in [0, 0.1) is 22.5 Å². The van der Waals surface area contributed by atoms with Crippen molar-refractivity contribution in [1.29, 1.82) is 0 Å². The van der Waals surface area contributed by atoms with Crippen LogP contribution in [0.1, 0.15) is 30.9 Å². The van der Waals surface area contributed by atoms with Crippen LogP contribution in [0.25, 0.3) is 0 Å². The van der Waals surface area contributed by atoms with Crippen LogP contribution in [0.3, 0.4) is 0 Å². The third-order valence-corrected chi connectivity index (χ3v) is 6.38. The molecule has 11 heteroatoms. The number of nitrogens with one attached hydrogen (secondary N) is 3. The molecule has 3 aliphatic carbocycles.